The number of carbonyl (C=O) groups excluding carboxylic acids is 1. The smallest absolute Gasteiger partial charge is 0.251 e. The van der Waals surface area contributed by atoms with Crippen molar-refractivity contribution in [3.8, 4) is 5.69 Å². The van der Waals surface area contributed by atoms with Crippen LogP contribution in [0, 0.1) is 5.82 Å². The number of amides is 1. The fourth-order valence-electron chi connectivity index (χ4n) is 2.31. The molecule has 0 spiro atoms. The molecule has 116 valence electrons. The third-order valence-corrected chi connectivity index (χ3v) is 3.65. The van der Waals surface area contributed by atoms with Gasteiger partial charge in [-0.25, -0.2) is 9.37 Å². The molecule has 2 aromatic carbocycles. The highest BCUT2D eigenvalue weighted by Crippen LogP contribution is 2.15. The van der Waals surface area contributed by atoms with E-state index in [0.29, 0.717) is 5.56 Å². The van der Waals surface area contributed by atoms with Crippen molar-refractivity contribution in [2.24, 2.45) is 0 Å². The molecule has 23 heavy (non-hydrogen) atoms. The molecule has 3 aromatic rings. The van der Waals surface area contributed by atoms with Crippen molar-refractivity contribution in [2.75, 3.05) is 0 Å². The summed E-state index contributed by atoms with van der Waals surface area (Å²) in [6.07, 6.45) is 5.24. The standard InChI is InChI=1S/C18H16FN3O/c1-13(14-2-6-16(19)7-3-14)21-18(23)15-4-8-17(9-5-15)22-11-10-20-12-22/h2-13H,1H3,(H,21,23). The van der Waals surface area contributed by atoms with E-state index in [-0.39, 0.29) is 17.8 Å². The molecule has 1 N–H and O–H groups in total. The zero-order valence-corrected chi connectivity index (χ0v) is 12.6. The minimum absolute atomic E-state index is 0.168. The molecule has 0 aliphatic heterocycles. The van der Waals surface area contributed by atoms with Crippen molar-refractivity contribution in [1.82, 2.24) is 14.9 Å². The number of hydrogen-bond acceptors (Lipinski definition) is 2. The van der Waals surface area contributed by atoms with Crippen molar-refractivity contribution in [1.29, 1.82) is 0 Å². The molecule has 1 atom stereocenters. The molecule has 5 heteroatoms. The Bertz CT molecular complexity index is 780. The number of hydrogen-bond donors (Lipinski definition) is 1. The maximum atomic E-state index is 12.9. The Morgan fingerprint density at radius 1 is 1.13 bits per heavy atom. The van der Waals surface area contributed by atoms with E-state index in [4.69, 9.17) is 0 Å². The summed E-state index contributed by atoms with van der Waals surface area (Å²) in [5.41, 5.74) is 2.36. The third-order valence-electron chi connectivity index (χ3n) is 3.65. The first-order valence-corrected chi connectivity index (χ1v) is 7.28. The average Bonchev–Trinajstić information content (AvgIpc) is 3.10. The van der Waals surface area contributed by atoms with Gasteiger partial charge in [0.1, 0.15) is 5.82 Å². The molecule has 0 saturated heterocycles. The molecule has 1 aromatic heterocycles. The molecule has 0 saturated carbocycles. The lowest BCUT2D eigenvalue weighted by Gasteiger charge is -2.14. The number of nitrogens with one attached hydrogen (secondary N) is 1. The molecular weight excluding hydrogens is 293 g/mol. The predicted octanol–water partition coefficient (Wildman–Crippen LogP) is 3.50. The minimum Gasteiger partial charge on any atom is -0.346 e. The monoisotopic (exact) mass is 309 g/mol. The van der Waals surface area contributed by atoms with Gasteiger partial charge in [0, 0.05) is 23.6 Å². The maximum absolute atomic E-state index is 12.9. The minimum atomic E-state index is -0.289. The van der Waals surface area contributed by atoms with Gasteiger partial charge in [-0.05, 0) is 48.9 Å². The van der Waals surface area contributed by atoms with Crippen molar-refractivity contribution < 1.29 is 9.18 Å². The Morgan fingerprint density at radius 3 is 2.43 bits per heavy atom. The van der Waals surface area contributed by atoms with E-state index in [2.05, 4.69) is 10.3 Å². The normalized spacial score (nSPS) is 11.9. The van der Waals surface area contributed by atoms with E-state index in [1.165, 1.54) is 12.1 Å². The molecule has 1 amide bonds. The van der Waals surface area contributed by atoms with Gasteiger partial charge in [0.2, 0.25) is 0 Å². The third kappa shape index (κ3) is 3.45. The van der Waals surface area contributed by atoms with Crippen molar-refractivity contribution in [3.05, 3.63) is 84.2 Å². The van der Waals surface area contributed by atoms with Gasteiger partial charge in [0.15, 0.2) is 0 Å². The fourth-order valence-corrected chi connectivity index (χ4v) is 2.31. The van der Waals surface area contributed by atoms with Crippen LogP contribution < -0.4 is 5.32 Å². The highest BCUT2D eigenvalue weighted by molar-refractivity contribution is 5.94. The Labute approximate surface area is 133 Å². The number of benzene rings is 2. The molecule has 4 nitrogen and oxygen atoms in total. The van der Waals surface area contributed by atoms with E-state index in [1.54, 1.807) is 36.8 Å². The number of carbonyl (C=O) groups is 1. The van der Waals surface area contributed by atoms with E-state index in [1.807, 2.05) is 29.8 Å². The first-order valence-electron chi connectivity index (χ1n) is 7.28. The second-order valence-corrected chi connectivity index (χ2v) is 5.26. The molecule has 0 fully saturated rings. The second kappa shape index (κ2) is 6.44. The van der Waals surface area contributed by atoms with Crippen LogP contribution in [0.25, 0.3) is 5.69 Å². The van der Waals surface area contributed by atoms with Crippen LogP contribution >= 0.6 is 0 Å². The lowest BCUT2D eigenvalue weighted by molar-refractivity contribution is 0.0940. The fraction of sp³-hybridized carbons (Fsp3) is 0.111. The first kappa shape index (κ1) is 15.0. The van der Waals surface area contributed by atoms with Gasteiger partial charge in [0.25, 0.3) is 5.91 Å². The number of aromatic nitrogens is 2. The van der Waals surface area contributed by atoms with Gasteiger partial charge in [-0.1, -0.05) is 12.1 Å². The van der Waals surface area contributed by atoms with Crippen molar-refractivity contribution in [2.45, 2.75) is 13.0 Å². The molecule has 0 bridgehead atoms. The SMILES string of the molecule is CC(NC(=O)c1ccc(-n2ccnc2)cc1)c1ccc(F)cc1. The summed E-state index contributed by atoms with van der Waals surface area (Å²) in [7, 11) is 0. The number of halogens is 1. The Kier molecular flexibility index (Phi) is 4.19. The lowest BCUT2D eigenvalue weighted by atomic mass is 10.1. The first-order chi connectivity index (χ1) is 11.1. The van der Waals surface area contributed by atoms with Gasteiger partial charge in [0.05, 0.1) is 12.4 Å². The van der Waals surface area contributed by atoms with E-state index in [9.17, 15) is 9.18 Å². The summed E-state index contributed by atoms with van der Waals surface area (Å²) in [5.74, 6) is -0.457. The molecular formula is C18H16FN3O. The predicted molar refractivity (Wildman–Crippen MR) is 85.8 cm³/mol. The summed E-state index contributed by atoms with van der Waals surface area (Å²) >= 11 is 0. The molecule has 1 unspecified atom stereocenters. The molecule has 0 aliphatic rings. The Hall–Kier alpha value is -2.95. The molecule has 3 rings (SSSR count). The molecule has 0 aliphatic carbocycles. The number of rotatable bonds is 4. The summed E-state index contributed by atoms with van der Waals surface area (Å²) in [4.78, 5) is 16.3. The maximum Gasteiger partial charge on any atom is 0.251 e. The van der Waals surface area contributed by atoms with Crippen LogP contribution in [-0.2, 0) is 0 Å². The van der Waals surface area contributed by atoms with Gasteiger partial charge in [-0.3, -0.25) is 4.79 Å². The van der Waals surface area contributed by atoms with Gasteiger partial charge in [-0.2, -0.15) is 0 Å². The highest BCUT2D eigenvalue weighted by atomic mass is 19.1. The van der Waals surface area contributed by atoms with E-state index >= 15 is 0 Å². The summed E-state index contributed by atoms with van der Waals surface area (Å²) < 4.78 is 14.8. The van der Waals surface area contributed by atoms with Crippen LogP contribution in [0.1, 0.15) is 28.9 Å². The Balaban J connectivity index is 1.69. The van der Waals surface area contributed by atoms with Crippen LogP contribution in [0.15, 0.2) is 67.3 Å². The van der Waals surface area contributed by atoms with Crippen LogP contribution in [0.3, 0.4) is 0 Å². The number of imidazole rings is 1. The quantitative estimate of drug-likeness (QED) is 0.802. The van der Waals surface area contributed by atoms with E-state index in [0.717, 1.165) is 11.3 Å². The van der Waals surface area contributed by atoms with Crippen LogP contribution in [0.5, 0.6) is 0 Å². The molecule has 0 radical (unpaired) electrons. The summed E-state index contributed by atoms with van der Waals surface area (Å²) in [6.45, 7) is 1.87. The van der Waals surface area contributed by atoms with Crippen molar-refractivity contribution >= 4 is 5.91 Å². The van der Waals surface area contributed by atoms with Crippen LogP contribution in [0.2, 0.25) is 0 Å². The zero-order chi connectivity index (χ0) is 16.2. The highest BCUT2D eigenvalue weighted by Gasteiger charge is 2.11. The van der Waals surface area contributed by atoms with Gasteiger partial charge in [-0.15, -0.1) is 0 Å². The number of nitrogens with zero attached hydrogens (tertiary/aromatic N) is 2. The van der Waals surface area contributed by atoms with Crippen LogP contribution in [0.4, 0.5) is 4.39 Å². The lowest BCUT2D eigenvalue weighted by Crippen LogP contribution is -2.26. The van der Waals surface area contributed by atoms with Crippen LogP contribution in [-0.4, -0.2) is 15.5 Å². The van der Waals surface area contributed by atoms with Crippen molar-refractivity contribution in [3.63, 3.8) is 0 Å². The summed E-state index contributed by atoms with van der Waals surface area (Å²) in [5, 5.41) is 2.91. The van der Waals surface area contributed by atoms with E-state index < -0.39 is 0 Å². The summed E-state index contributed by atoms with van der Waals surface area (Å²) in [6, 6.07) is 13.2. The van der Waals surface area contributed by atoms with Gasteiger partial charge >= 0.3 is 0 Å². The largest absolute Gasteiger partial charge is 0.346 e. The Morgan fingerprint density at radius 2 is 1.83 bits per heavy atom. The average molecular weight is 309 g/mol. The zero-order valence-electron chi connectivity index (χ0n) is 12.6. The molecule has 1 heterocycles. The second-order valence-electron chi connectivity index (χ2n) is 5.26. The van der Waals surface area contributed by atoms with Gasteiger partial charge < -0.3 is 9.88 Å². The topological polar surface area (TPSA) is 46.9 Å².